The quantitative estimate of drug-likeness (QED) is 0.626. The number of benzene rings is 2. The lowest BCUT2D eigenvalue weighted by atomic mass is 9.98. The van der Waals surface area contributed by atoms with E-state index in [1.807, 2.05) is 43.3 Å². The van der Waals surface area contributed by atoms with Crippen LogP contribution in [-0.4, -0.2) is 12.2 Å². The second-order valence-electron chi connectivity index (χ2n) is 4.29. The summed E-state index contributed by atoms with van der Waals surface area (Å²) in [5.41, 5.74) is 3.70. The van der Waals surface area contributed by atoms with Crippen LogP contribution in [0, 0.1) is 6.92 Å². The first-order valence-electron chi connectivity index (χ1n) is 6.08. The second-order valence-corrected chi connectivity index (χ2v) is 4.29. The molecule has 0 aliphatic heterocycles. The summed E-state index contributed by atoms with van der Waals surface area (Å²) in [7, 11) is 0. The Labute approximate surface area is 116 Å². The van der Waals surface area contributed by atoms with Gasteiger partial charge < -0.3 is 0 Å². The third kappa shape index (κ3) is 2.96. The van der Waals surface area contributed by atoms with E-state index in [1.165, 1.54) is 12.2 Å². The van der Waals surface area contributed by atoms with Gasteiger partial charge >= 0.3 is 0 Å². The molecule has 0 radical (unpaired) electrons. The molecule has 0 heterocycles. The summed E-state index contributed by atoms with van der Waals surface area (Å²) in [5, 5.41) is 0. The summed E-state index contributed by atoms with van der Waals surface area (Å²) in [6.07, 6.45) is 3.69. The molecule has 4 nitrogen and oxygen atoms in total. The van der Waals surface area contributed by atoms with Crippen molar-refractivity contribution in [3.8, 4) is 0 Å². The van der Waals surface area contributed by atoms with Gasteiger partial charge in [0.25, 0.3) is 0 Å². The van der Waals surface area contributed by atoms with Gasteiger partial charge in [-0.25, -0.2) is 9.59 Å². The number of isocyanates is 2. The van der Waals surface area contributed by atoms with E-state index in [0.29, 0.717) is 11.4 Å². The number of hydrogen-bond donors (Lipinski definition) is 0. The van der Waals surface area contributed by atoms with Crippen LogP contribution in [0.1, 0.15) is 16.7 Å². The van der Waals surface area contributed by atoms with E-state index in [2.05, 4.69) is 9.98 Å². The maximum absolute atomic E-state index is 10.5. The summed E-state index contributed by atoms with van der Waals surface area (Å²) >= 11 is 0. The van der Waals surface area contributed by atoms with E-state index >= 15 is 0 Å². The lowest BCUT2D eigenvalue weighted by Gasteiger charge is -2.09. The van der Waals surface area contributed by atoms with Gasteiger partial charge in [0.15, 0.2) is 0 Å². The van der Waals surface area contributed by atoms with Crippen LogP contribution in [0.4, 0.5) is 11.4 Å². The van der Waals surface area contributed by atoms with Crippen molar-refractivity contribution >= 4 is 23.5 Å². The lowest BCUT2D eigenvalue weighted by Crippen LogP contribution is -1.92. The van der Waals surface area contributed by atoms with Crippen molar-refractivity contribution in [3.63, 3.8) is 0 Å². The standard InChI is InChI=1S/C16H12N2O2/c1-12-14(9-13-5-3-2-4-6-13)7-8-15(17-10-19)16(12)18-11-20/h2-8H,9H2,1H3. The predicted octanol–water partition coefficient (Wildman–Crippen LogP) is 3.52. The molecule has 2 rings (SSSR count). The van der Waals surface area contributed by atoms with Crippen LogP contribution in [0.15, 0.2) is 52.4 Å². The van der Waals surface area contributed by atoms with Crippen molar-refractivity contribution in [1.82, 2.24) is 0 Å². The molecular weight excluding hydrogens is 252 g/mol. The fourth-order valence-electron chi connectivity index (χ4n) is 2.06. The highest BCUT2D eigenvalue weighted by atomic mass is 16.1. The Morgan fingerprint density at radius 2 is 1.65 bits per heavy atom. The van der Waals surface area contributed by atoms with Crippen molar-refractivity contribution in [1.29, 1.82) is 0 Å². The molecular formula is C16H12N2O2. The molecule has 0 unspecified atom stereocenters. The number of hydrogen-bond acceptors (Lipinski definition) is 4. The van der Waals surface area contributed by atoms with Gasteiger partial charge in [-0.1, -0.05) is 36.4 Å². The van der Waals surface area contributed by atoms with Crippen LogP contribution in [0.3, 0.4) is 0 Å². The van der Waals surface area contributed by atoms with Gasteiger partial charge in [0.2, 0.25) is 12.2 Å². The number of carbonyl (C=O) groups excluding carboxylic acids is 2. The molecule has 4 heteroatoms. The molecule has 0 bridgehead atoms. The fourth-order valence-corrected chi connectivity index (χ4v) is 2.06. The Balaban J connectivity index is 2.48. The molecule has 0 aromatic heterocycles. The van der Waals surface area contributed by atoms with Crippen molar-refractivity contribution < 1.29 is 9.59 Å². The minimum absolute atomic E-state index is 0.331. The van der Waals surface area contributed by atoms with Crippen LogP contribution in [-0.2, 0) is 16.0 Å². The van der Waals surface area contributed by atoms with Crippen LogP contribution < -0.4 is 0 Å². The fraction of sp³-hybridized carbons (Fsp3) is 0.125. The molecule has 0 saturated heterocycles. The minimum Gasteiger partial charge on any atom is -0.211 e. The van der Waals surface area contributed by atoms with Crippen LogP contribution in [0.25, 0.3) is 0 Å². The molecule has 0 N–H and O–H groups in total. The Morgan fingerprint density at radius 1 is 0.950 bits per heavy atom. The zero-order valence-corrected chi connectivity index (χ0v) is 11.0. The number of rotatable bonds is 4. The highest BCUT2D eigenvalue weighted by Crippen LogP contribution is 2.33. The average molecular weight is 264 g/mol. The maximum atomic E-state index is 10.5. The first-order valence-corrected chi connectivity index (χ1v) is 6.08. The molecule has 0 aliphatic rings. The van der Waals surface area contributed by atoms with E-state index in [4.69, 9.17) is 0 Å². The zero-order valence-electron chi connectivity index (χ0n) is 11.0. The smallest absolute Gasteiger partial charge is 0.211 e. The topological polar surface area (TPSA) is 58.9 Å². The van der Waals surface area contributed by atoms with Gasteiger partial charge in [0.05, 0.1) is 0 Å². The van der Waals surface area contributed by atoms with Gasteiger partial charge in [-0.05, 0) is 36.1 Å². The van der Waals surface area contributed by atoms with Crippen LogP contribution in [0.2, 0.25) is 0 Å². The molecule has 0 saturated carbocycles. The highest BCUT2D eigenvalue weighted by Gasteiger charge is 2.09. The van der Waals surface area contributed by atoms with E-state index in [0.717, 1.165) is 23.1 Å². The van der Waals surface area contributed by atoms with E-state index < -0.39 is 0 Å². The first kappa shape index (κ1) is 13.6. The summed E-state index contributed by atoms with van der Waals surface area (Å²) < 4.78 is 0. The Morgan fingerprint density at radius 3 is 2.30 bits per heavy atom. The molecule has 0 aliphatic carbocycles. The predicted molar refractivity (Wildman–Crippen MR) is 76.0 cm³/mol. The molecule has 0 fully saturated rings. The van der Waals surface area contributed by atoms with E-state index in [9.17, 15) is 9.59 Å². The lowest BCUT2D eigenvalue weighted by molar-refractivity contribution is 0.564. The summed E-state index contributed by atoms with van der Waals surface area (Å²) in [6, 6.07) is 13.5. The van der Waals surface area contributed by atoms with E-state index in [1.54, 1.807) is 6.07 Å². The Bertz CT molecular complexity index is 711. The first-order chi connectivity index (χ1) is 9.76. The van der Waals surface area contributed by atoms with Crippen molar-refractivity contribution in [2.75, 3.05) is 0 Å². The molecule has 98 valence electrons. The average Bonchev–Trinajstić information content (AvgIpc) is 2.47. The molecule has 0 amide bonds. The van der Waals surface area contributed by atoms with E-state index in [-0.39, 0.29) is 0 Å². The van der Waals surface area contributed by atoms with Gasteiger partial charge in [-0.3, -0.25) is 0 Å². The molecule has 0 spiro atoms. The molecule has 2 aromatic carbocycles. The summed E-state index contributed by atoms with van der Waals surface area (Å²) in [5.74, 6) is 0. The summed E-state index contributed by atoms with van der Waals surface area (Å²) in [6.45, 7) is 1.85. The monoisotopic (exact) mass is 264 g/mol. The van der Waals surface area contributed by atoms with Crippen molar-refractivity contribution in [2.24, 2.45) is 9.98 Å². The number of aliphatic imine (C=N–C) groups is 2. The zero-order chi connectivity index (χ0) is 14.4. The van der Waals surface area contributed by atoms with Crippen molar-refractivity contribution in [2.45, 2.75) is 13.3 Å². The van der Waals surface area contributed by atoms with Gasteiger partial charge in [-0.2, -0.15) is 9.98 Å². The van der Waals surface area contributed by atoms with Crippen LogP contribution >= 0.6 is 0 Å². The second kappa shape index (κ2) is 6.39. The Kier molecular flexibility index (Phi) is 4.35. The largest absolute Gasteiger partial charge is 0.240 e. The normalized spacial score (nSPS) is 9.45. The molecule has 20 heavy (non-hydrogen) atoms. The molecule has 0 atom stereocenters. The third-order valence-corrected chi connectivity index (χ3v) is 3.08. The van der Waals surface area contributed by atoms with Crippen molar-refractivity contribution in [3.05, 3.63) is 59.2 Å². The minimum atomic E-state index is 0.331. The third-order valence-electron chi connectivity index (χ3n) is 3.08. The Hall–Kier alpha value is -2.80. The molecule has 2 aromatic rings. The van der Waals surface area contributed by atoms with Gasteiger partial charge in [0.1, 0.15) is 11.4 Å². The SMILES string of the molecule is Cc1c(Cc2ccccc2)ccc(N=C=O)c1N=C=O. The van der Waals surface area contributed by atoms with Gasteiger partial charge in [-0.15, -0.1) is 0 Å². The summed E-state index contributed by atoms with van der Waals surface area (Å²) in [4.78, 5) is 28.1. The highest BCUT2D eigenvalue weighted by molar-refractivity contribution is 5.73. The van der Waals surface area contributed by atoms with Crippen LogP contribution in [0.5, 0.6) is 0 Å². The van der Waals surface area contributed by atoms with Gasteiger partial charge in [0, 0.05) is 0 Å². The number of nitrogens with zero attached hydrogens (tertiary/aromatic N) is 2. The maximum Gasteiger partial charge on any atom is 0.240 e.